The minimum atomic E-state index is -1.07. The number of amides is 1. The number of hydrogen-bond donors (Lipinski definition) is 2. The SMILES string of the molecule is O=C(O)NCc1c(I)ccnc1Cl. The molecule has 70 valence electrons. The van der Waals surface area contributed by atoms with Crippen LogP contribution in [0.25, 0.3) is 0 Å². The molecule has 1 rings (SSSR count). The van der Waals surface area contributed by atoms with Gasteiger partial charge in [-0.25, -0.2) is 9.78 Å². The van der Waals surface area contributed by atoms with Crippen LogP contribution in [0.15, 0.2) is 12.3 Å². The van der Waals surface area contributed by atoms with Crippen LogP contribution in [0.3, 0.4) is 0 Å². The quantitative estimate of drug-likeness (QED) is 0.649. The van der Waals surface area contributed by atoms with Crippen LogP contribution in [0.1, 0.15) is 5.56 Å². The lowest BCUT2D eigenvalue weighted by Gasteiger charge is -2.05. The van der Waals surface area contributed by atoms with Crippen LogP contribution < -0.4 is 5.32 Å². The van der Waals surface area contributed by atoms with Gasteiger partial charge in [-0.1, -0.05) is 11.6 Å². The van der Waals surface area contributed by atoms with Crippen LogP contribution in [-0.4, -0.2) is 16.2 Å². The number of nitrogens with zero attached hydrogens (tertiary/aromatic N) is 1. The van der Waals surface area contributed by atoms with Crippen molar-refractivity contribution in [3.8, 4) is 0 Å². The molecule has 0 radical (unpaired) electrons. The van der Waals surface area contributed by atoms with E-state index in [1.54, 1.807) is 12.3 Å². The first kappa shape index (κ1) is 10.5. The Morgan fingerprint density at radius 3 is 3.00 bits per heavy atom. The standard InChI is InChI=1S/C7H6ClIN2O2/c8-6-4(3-11-7(12)13)5(9)1-2-10-6/h1-2,11H,3H2,(H,12,13). The Kier molecular flexibility index (Phi) is 3.73. The van der Waals surface area contributed by atoms with Gasteiger partial charge in [0.15, 0.2) is 0 Å². The fourth-order valence-corrected chi connectivity index (χ4v) is 1.76. The van der Waals surface area contributed by atoms with E-state index in [1.807, 2.05) is 0 Å². The first-order chi connectivity index (χ1) is 6.11. The summed E-state index contributed by atoms with van der Waals surface area (Å²) in [6.45, 7) is 0.181. The Morgan fingerprint density at radius 2 is 2.46 bits per heavy atom. The third kappa shape index (κ3) is 3.00. The number of rotatable bonds is 2. The van der Waals surface area contributed by atoms with Gasteiger partial charge in [0, 0.05) is 15.3 Å². The highest BCUT2D eigenvalue weighted by Crippen LogP contribution is 2.18. The third-order valence-corrected chi connectivity index (χ3v) is 2.70. The summed E-state index contributed by atoms with van der Waals surface area (Å²) < 4.78 is 0.895. The van der Waals surface area contributed by atoms with E-state index in [2.05, 4.69) is 32.9 Å². The molecule has 2 N–H and O–H groups in total. The molecule has 0 bridgehead atoms. The fraction of sp³-hybridized carbons (Fsp3) is 0.143. The molecular weight excluding hydrogens is 306 g/mol. The van der Waals surface area contributed by atoms with Crippen molar-refractivity contribution in [2.24, 2.45) is 0 Å². The number of carboxylic acid groups (broad SMARTS) is 1. The maximum Gasteiger partial charge on any atom is 0.404 e. The Hall–Kier alpha value is -0.560. The Balaban J connectivity index is 2.81. The van der Waals surface area contributed by atoms with Gasteiger partial charge in [-0.05, 0) is 28.7 Å². The van der Waals surface area contributed by atoms with E-state index in [1.165, 1.54) is 0 Å². The van der Waals surface area contributed by atoms with E-state index in [9.17, 15) is 4.79 Å². The lowest BCUT2D eigenvalue weighted by Crippen LogP contribution is -2.20. The minimum absolute atomic E-state index is 0.181. The Labute approximate surface area is 93.5 Å². The van der Waals surface area contributed by atoms with Crippen molar-refractivity contribution in [3.05, 3.63) is 26.5 Å². The van der Waals surface area contributed by atoms with E-state index in [-0.39, 0.29) is 6.54 Å². The maximum atomic E-state index is 10.2. The minimum Gasteiger partial charge on any atom is -0.465 e. The highest BCUT2D eigenvalue weighted by Gasteiger charge is 2.06. The van der Waals surface area contributed by atoms with Gasteiger partial charge in [-0.2, -0.15) is 0 Å². The van der Waals surface area contributed by atoms with Crippen molar-refractivity contribution in [1.29, 1.82) is 0 Å². The number of aromatic nitrogens is 1. The number of nitrogens with one attached hydrogen (secondary N) is 1. The molecule has 0 aliphatic heterocycles. The lowest BCUT2D eigenvalue weighted by molar-refractivity contribution is 0.194. The lowest BCUT2D eigenvalue weighted by atomic mass is 10.3. The summed E-state index contributed by atoms with van der Waals surface area (Å²) in [7, 11) is 0. The molecule has 1 amide bonds. The van der Waals surface area contributed by atoms with E-state index >= 15 is 0 Å². The van der Waals surface area contributed by atoms with E-state index in [0.717, 1.165) is 3.57 Å². The highest BCUT2D eigenvalue weighted by molar-refractivity contribution is 14.1. The smallest absolute Gasteiger partial charge is 0.404 e. The van der Waals surface area contributed by atoms with Gasteiger partial charge in [0.2, 0.25) is 0 Å². The summed E-state index contributed by atoms with van der Waals surface area (Å²) in [4.78, 5) is 14.1. The summed E-state index contributed by atoms with van der Waals surface area (Å²) in [6.07, 6.45) is 0.504. The number of hydrogen-bond acceptors (Lipinski definition) is 2. The topological polar surface area (TPSA) is 62.2 Å². The molecule has 0 aromatic carbocycles. The molecule has 0 atom stereocenters. The molecule has 0 spiro atoms. The van der Waals surface area contributed by atoms with Crippen molar-refractivity contribution in [2.45, 2.75) is 6.54 Å². The van der Waals surface area contributed by atoms with Crippen LogP contribution in [0, 0.1) is 3.57 Å². The number of carbonyl (C=O) groups is 1. The predicted octanol–water partition coefficient (Wildman–Crippen LogP) is 2.11. The molecule has 0 unspecified atom stereocenters. The van der Waals surface area contributed by atoms with Crippen LogP contribution in [0.4, 0.5) is 4.79 Å². The normalized spacial score (nSPS) is 9.69. The van der Waals surface area contributed by atoms with Crippen LogP contribution >= 0.6 is 34.2 Å². The summed E-state index contributed by atoms with van der Waals surface area (Å²) in [5.74, 6) is 0. The molecule has 0 saturated carbocycles. The Morgan fingerprint density at radius 1 is 1.77 bits per heavy atom. The van der Waals surface area contributed by atoms with E-state index in [4.69, 9.17) is 16.7 Å². The summed E-state index contributed by atoms with van der Waals surface area (Å²) >= 11 is 7.84. The van der Waals surface area contributed by atoms with Gasteiger partial charge >= 0.3 is 6.09 Å². The highest BCUT2D eigenvalue weighted by atomic mass is 127. The second kappa shape index (κ2) is 4.61. The van der Waals surface area contributed by atoms with Crippen molar-refractivity contribution in [3.63, 3.8) is 0 Å². The van der Waals surface area contributed by atoms with Gasteiger partial charge in [-0.15, -0.1) is 0 Å². The molecule has 6 heteroatoms. The van der Waals surface area contributed by atoms with Crippen LogP contribution in [0.5, 0.6) is 0 Å². The fourth-order valence-electron chi connectivity index (χ4n) is 0.767. The average molecular weight is 312 g/mol. The molecule has 0 aliphatic carbocycles. The van der Waals surface area contributed by atoms with Gasteiger partial charge in [0.1, 0.15) is 5.15 Å². The summed E-state index contributed by atoms with van der Waals surface area (Å²) in [5, 5.41) is 10.9. The molecule has 0 fully saturated rings. The molecular formula is C7H6ClIN2O2. The number of halogens is 2. The molecule has 1 aromatic heterocycles. The summed E-state index contributed by atoms with van der Waals surface area (Å²) in [5.41, 5.74) is 0.701. The first-order valence-electron chi connectivity index (χ1n) is 3.37. The maximum absolute atomic E-state index is 10.2. The van der Waals surface area contributed by atoms with Gasteiger partial charge in [-0.3, -0.25) is 0 Å². The molecule has 1 aromatic rings. The second-order valence-electron chi connectivity index (χ2n) is 2.22. The molecule has 0 aliphatic rings. The zero-order chi connectivity index (χ0) is 9.84. The van der Waals surface area contributed by atoms with Gasteiger partial charge in [0.25, 0.3) is 0 Å². The van der Waals surface area contributed by atoms with Gasteiger partial charge < -0.3 is 10.4 Å². The van der Waals surface area contributed by atoms with Crippen LogP contribution in [0.2, 0.25) is 5.15 Å². The molecule has 4 nitrogen and oxygen atoms in total. The average Bonchev–Trinajstić information content (AvgIpc) is 2.03. The third-order valence-electron chi connectivity index (χ3n) is 1.36. The van der Waals surface area contributed by atoms with Crippen molar-refractivity contribution in [2.75, 3.05) is 0 Å². The Bertz CT molecular complexity index is 312. The monoisotopic (exact) mass is 312 g/mol. The zero-order valence-electron chi connectivity index (χ0n) is 6.42. The predicted molar refractivity (Wildman–Crippen MR) is 56.8 cm³/mol. The van der Waals surface area contributed by atoms with E-state index < -0.39 is 6.09 Å². The van der Waals surface area contributed by atoms with Crippen LogP contribution in [-0.2, 0) is 6.54 Å². The largest absolute Gasteiger partial charge is 0.465 e. The zero-order valence-corrected chi connectivity index (χ0v) is 9.33. The van der Waals surface area contributed by atoms with Crippen molar-refractivity contribution < 1.29 is 9.90 Å². The second-order valence-corrected chi connectivity index (χ2v) is 3.74. The molecule has 0 saturated heterocycles. The molecule has 1 heterocycles. The number of pyridine rings is 1. The molecule has 13 heavy (non-hydrogen) atoms. The van der Waals surface area contributed by atoms with E-state index in [0.29, 0.717) is 10.7 Å². The van der Waals surface area contributed by atoms with Crippen molar-refractivity contribution >= 4 is 40.3 Å². The first-order valence-corrected chi connectivity index (χ1v) is 4.82. The van der Waals surface area contributed by atoms with Gasteiger partial charge in [0.05, 0.1) is 6.54 Å². The van der Waals surface area contributed by atoms with Crippen molar-refractivity contribution in [1.82, 2.24) is 10.3 Å². The summed E-state index contributed by atoms with van der Waals surface area (Å²) in [6, 6.07) is 1.77.